The molecule has 0 spiro atoms. The molecule has 21 heavy (non-hydrogen) atoms. The van der Waals surface area contributed by atoms with Gasteiger partial charge < -0.3 is 4.90 Å². The molecule has 1 saturated carbocycles. The molecule has 0 bridgehead atoms. The fourth-order valence-electron chi connectivity index (χ4n) is 3.76. The highest BCUT2D eigenvalue weighted by molar-refractivity contribution is 6.01. The van der Waals surface area contributed by atoms with Gasteiger partial charge in [0.05, 0.1) is 5.56 Å². The standard InChI is InChI=1S/C17H19N3O/c1-11-15(16(19-18-11)12-6-3-2-4-7-12)17(21)20-10-13-8-5-9-14(13)20/h2-4,6-7,13-14H,5,8-10H2,1H3,(H,18,19)/t13-,14-/m0/s1. The molecule has 2 heterocycles. The Labute approximate surface area is 124 Å². The summed E-state index contributed by atoms with van der Waals surface area (Å²) < 4.78 is 0. The lowest BCUT2D eigenvalue weighted by Gasteiger charge is -2.44. The van der Waals surface area contributed by atoms with E-state index in [2.05, 4.69) is 10.2 Å². The van der Waals surface area contributed by atoms with Crippen molar-refractivity contribution in [2.24, 2.45) is 5.92 Å². The van der Waals surface area contributed by atoms with Crippen molar-refractivity contribution in [3.05, 3.63) is 41.6 Å². The second-order valence-corrected chi connectivity index (χ2v) is 6.15. The molecule has 1 aromatic carbocycles. The lowest BCUT2D eigenvalue weighted by atomic mass is 9.90. The zero-order valence-corrected chi connectivity index (χ0v) is 12.2. The van der Waals surface area contributed by atoms with Crippen molar-refractivity contribution in [2.45, 2.75) is 32.2 Å². The number of nitrogens with one attached hydrogen (secondary N) is 1. The SMILES string of the molecule is Cc1[nH]nc(-c2ccccc2)c1C(=O)N1C[C@@H]2CCC[C@@H]21. The van der Waals surface area contributed by atoms with Gasteiger partial charge in [0.25, 0.3) is 5.91 Å². The van der Waals surface area contributed by atoms with Crippen LogP contribution in [-0.2, 0) is 0 Å². The van der Waals surface area contributed by atoms with E-state index >= 15 is 0 Å². The van der Waals surface area contributed by atoms with Crippen LogP contribution in [0.3, 0.4) is 0 Å². The first kappa shape index (κ1) is 12.6. The van der Waals surface area contributed by atoms with Crippen LogP contribution in [0.4, 0.5) is 0 Å². The van der Waals surface area contributed by atoms with Crippen LogP contribution in [0.2, 0.25) is 0 Å². The van der Waals surface area contributed by atoms with Gasteiger partial charge in [-0.15, -0.1) is 0 Å². The predicted molar refractivity (Wildman–Crippen MR) is 80.9 cm³/mol. The van der Waals surface area contributed by atoms with Crippen molar-refractivity contribution in [1.29, 1.82) is 0 Å². The Morgan fingerprint density at radius 3 is 2.86 bits per heavy atom. The normalized spacial score (nSPS) is 23.8. The maximum absolute atomic E-state index is 12.9. The van der Waals surface area contributed by atoms with Crippen molar-refractivity contribution in [3.63, 3.8) is 0 Å². The monoisotopic (exact) mass is 281 g/mol. The summed E-state index contributed by atoms with van der Waals surface area (Å²) in [7, 11) is 0. The Kier molecular flexibility index (Phi) is 2.84. The second-order valence-electron chi connectivity index (χ2n) is 6.15. The van der Waals surface area contributed by atoms with Gasteiger partial charge in [-0.25, -0.2) is 0 Å². The topological polar surface area (TPSA) is 49.0 Å². The van der Waals surface area contributed by atoms with Crippen LogP contribution in [0.5, 0.6) is 0 Å². The second kappa shape index (κ2) is 4.72. The van der Waals surface area contributed by atoms with E-state index in [0.717, 1.165) is 41.4 Å². The molecule has 1 aliphatic carbocycles. The number of nitrogens with zero attached hydrogens (tertiary/aromatic N) is 2. The van der Waals surface area contributed by atoms with E-state index in [9.17, 15) is 4.79 Å². The average Bonchev–Trinajstić information content (AvgIpc) is 3.04. The predicted octanol–water partition coefficient (Wildman–Crippen LogP) is 3.01. The molecule has 1 saturated heterocycles. The maximum atomic E-state index is 12.9. The summed E-state index contributed by atoms with van der Waals surface area (Å²) >= 11 is 0. The number of hydrogen-bond donors (Lipinski definition) is 1. The highest BCUT2D eigenvalue weighted by Crippen LogP contribution is 2.40. The Hall–Kier alpha value is -2.10. The van der Waals surface area contributed by atoms with E-state index < -0.39 is 0 Å². The van der Waals surface area contributed by atoms with Gasteiger partial charge >= 0.3 is 0 Å². The molecule has 0 unspecified atom stereocenters. The number of amides is 1. The first-order valence-electron chi connectivity index (χ1n) is 7.67. The Bertz CT molecular complexity index is 677. The van der Waals surface area contributed by atoms with Crippen LogP contribution in [0.1, 0.15) is 35.3 Å². The number of hydrogen-bond acceptors (Lipinski definition) is 2. The van der Waals surface area contributed by atoms with Crippen LogP contribution < -0.4 is 0 Å². The van der Waals surface area contributed by atoms with Gasteiger partial charge in [0.1, 0.15) is 5.69 Å². The highest BCUT2D eigenvalue weighted by Gasteiger charge is 2.45. The van der Waals surface area contributed by atoms with Crippen molar-refractivity contribution in [3.8, 4) is 11.3 Å². The summed E-state index contributed by atoms with van der Waals surface area (Å²) in [4.78, 5) is 15.0. The van der Waals surface area contributed by atoms with Crippen LogP contribution in [-0.4, -0.2) is 33.6 Å². The summed E-state index contributed by atoms with van der Waals surface area (Å²) in [5.74, 6) is 0.879. The maximum Gasteiger partial charge on any atom is 0.258 e. The van der Waals surface area contributed by atoms with E-state index in [1.165, 1.54) is 12.8 Å². The summed E-state index contributed by atoms with van der Waals surface area (Å²) in [5.41, 5.74) is 3.38. The molecule has 1 aliphatic heterocycles. The summed E-state index contributed by atoms with van der Waals surface area (Å²) in [6.07, 6.45) is 3.70. The Balaban J connectivity index is 1.69. The largest absolute Gasteiger partial charge is 0.335 e. The molecule has 2 aromatic rings. The van der Waals surface area contributed by atoms with Crippen LogP contribution >= 0.6 is 0 Å². The van der Waals surface area contributed by atoms with E-state index in [0.29, 0.717) is 6.04 Å². The molecule has 1 N–H and O–H groups in total. The van der Waals surface area contributed by atoms with Crippen molar-refractivity contribution >= 4 is 5.91 Å². The molecule has 4 rings (SSSR count). The van der Waals surface area contributed by atoms with Crippen LogP contribution in [0.15, 0.2) is 30.3 Å². The molecule has 2 fully saturated rings. The van der Waals surface area contributed by atoms with Gasteiger partial charge in [-0.05, 0) is 25.7 Å². The van der Waals surface area contributed by atoms with Gasteiger partial charge in [0.15, 0.2) is 0 Å². The minimum absolute atomic E-state index is 0.142. The van der Waals surface area contributed by atoms with Gasteiger partial charge in [0.2, 0.25) is 0 Å². The number of carbonyl (C=O) groups is 1. The zero-order valence-electron chi connectivity index (χ0n) is 12.2. The summed E-state index contributed by atoms with van der Waals surface area (Å²) in [6, 6.07) is 10.4. The third-order valence-electron chi connectivity index (χ3n) is 4.92. The minimum atomic E-state index is 0.142. The lowest BCUT2D eigenvalue weighted by molar-refractivity contribution is 0.0269. The number of aromatic nitrogens is 2. The molecule has 4 heteroatoms. The fourth-order valence-corrected chi connectivity index (χ4v) is 3.76. The first-order chi connectivity index (χ1) is 10.3. The molecule has 1 aromatic heterocycles. The third-order valence-corrected chi connectivity index (χ3v) is 4.92. The molecule has 108 valence electrons. The lowest BCUT2D eigenvalue weighted by Crippen LogP contribution is -2.56. The number of benzene rings is 1. The molecular formula is C17H19N3O. The van der Waals surface area contributed by atoms with Gasteiger partial charge in [0, 0.05) is 23.8 Å². The summed E-state index contributed by atoms with van der Waals surface area (Å²) in [5, 5.41) is 7.34. The minimum Gasteiger partial charge on any atom is -0.335 e. The number of aromatic amines is 1. The number of carbonyl (C=O) groups excluding carboxylic acids is 1. The fraction of sp³-hybridized carbons (Fsp3) is 0.412. The third kappa shape index (κ3) is 1.89. The van der Waals surface area contributed by atoms with E-state index in [-0.39, 0.29) is 5.91 Å². The first-order valence-corrected chi connectivity index (χ1v) is 7.67. The number of fused-ring (bicyclic) bond motifs is 1. The summed E-state index contributed by atoms with van der Waals surface area (Å²) in [6.45, 7) is 2.85. The molecule has 2 atom stereocenters. The van der Waals surface area contributed by atoms with Crippen molar-refractivity contribution < 1.29 is 4.79 Å². The smallest absolute Gasteiger partial charge is 0.258 e. The quantitative estimate of drug-likeness (QED) is 0.920. The highest BCUT2D eigenvalue weighted by atomic mass is 16.2. The number of H-pyrrole nitrogens is 1. The van der Waals surface area contributed by atoms with Crippen molar-refractivity contribution in [1.82, 2.24) is 15.1 Å². The molecule has 4 nitrogen and oxygen atoms in total. The van der Waals surface area contributed by atoms with Gasteiger partial charge in [-0.1, -0.05) is 36.8 Å². The number of rotatable bonds is 2. The number of aryl methyl sites for hydroxylation is 1. The molecule has 2 aliphatic rings. The average molecular weight is 281 g/mol. The van der Waals surface area contributed by atoms with E-state index in [1.54, 1.807) is 0 Å². The van der Waals surface area contributed by atoms with E-state index in [1.807, 2.05) is 42.2 Å². The Morgan fingerprint density at radius 2 is 2.10 bits per heavy atom. The van der Waals surface area contributed by atoms with Crippen LogP contribution in [0.25, 0.3) is 11.3 Å². The number of likely N-dealkylation sites (tertiary alicyclic amines) is 1. The zero-order chi connectivity index (χ0) is 14.4. The molecule has 1 amide bonds. The van der Waals surface area contributed by atoms with Crippen molar-refractivity contribution in [2.75, 3.05) is 6.54 Å². The molecular weight excluding hydrogens is 262 g/mol. The van der Waals surface area contributed by atoms with Crippen LogP contribution in [0, 0.1) is 12.8 Å². The molecule has 0 radical (unpaired) electrons. The Morgan fingerprint density at radius 1 is 1.29 bits per heavy atom. The van der Waals surface area contributed by atoms with Gasteiger partial charge in [-0.3, -0.25) is 9.89 Å². The van der Waals surface area contributed by atoms with E-state index in [4.69, 9.17) is 0 Å². The van der Waals surface area contributed by atoms with Gasteiger partial charge in [-0.2, -0.15) is 5.10 Å².